The van der Waals surface area contributed by atoms with Crippen molar-refractivity contribution in [2.45, 2.75) is 26.8 Å². The molecule has 0 saturated carbocycles. The number of hydrogen-bond donors (Lipinski definition) is 0. The van der Waals surface area contributed by atoms with Crippen LogP contribution in [0.3, 0.4) is 0 Å². The van der Waals surface area contributed by atoms with E-state index < -0.39 is 0 Å². The first-order valence-corrected chi connectivity index (χ1v) is 6.12. The van der Waals surface area contributed by atoms with Gasteiger partial charge in [-0.2, -0.15) is 0 Å². The fourth-order valence-electron chi connectivity index (χ4n) is 0.860. The van der Waals surface area contributed by atoms with Crippen molar-refractivity contribution in [2.75, 3.05) is 31.2 Å². The molecule has 0 N–H and O–H groups in total. The van der Waals surface area contributed by atoms with Crippen LogP contribution in [0.25, 0.3) is 0 Å². The molecule has 0 amide bonds. The highest BCUT2D eigenvalue weighted by atomic mass is 127. The predicted octanol–water partition coefficient (Wildman–Crippen LogP) is 2.04. The van der Waals surface area contributed by atoms with Gasteiger partial charge >= 0.3 is 0 Å². The largest absolute Gasteiger partial charge is 0.303 e. The Morgan fingerprint density at radius 3 is 2.17 bits per heavy atom. The highest BCUT2D eigenvalue weighted by Crippen LogP contribution is 1.97. The van der Waals surface area contributed by atoms with E-state index in [1.165, 1.54) is 13.1 Å². The van der Waals surface area contributed by atoms with Crippen LogP contribution >= 0.6 is 22.6 Å². The molecule has 3 heteroatoms. The average Bonchev–Trinajstić information content (AvgIpc) is 2.05. The highest BCUT2D eigenvalue weighted by molar-refractivity contribution is 14.1. The van der Waals surface area contributed by atoms with E-state index in [0.717, 1.165) is 11.1 Å². The summed E-state index contributed by atoms with van der Waals surface area (Å²) in [5.74, 6) is 0. The molecule has 0 heterocycles. The summed E-state index contributed by atoms with van der Waals surface area (Å²) in [6.07, 6.45) is 0. The van der Waals surface area contributed by atoms with Gasteiger partial charge in [0, 0.05) is 19.1 Å². The molecule has 0 atom stereocenters. The summed E-state index contributed by atoms with van der Waals surface area (Å²) in [6.45, 7) is 10.2. The molecule has 0 aromatic carbocycles. The van der Waals surface area contributed by atoms with E-state index in [0.29, 0.717) is 6.04 Å². The van der Waals surface area contributed by atoms with Crippen LogP contribution in [0.4, 0.5) is 0 Å². The van der Waals surface area contributed by atoms with E-state index in [9.17, 15) is 0 Å². The summed E-state index contributed by atoms with van der Waals surface area (Å²) in [6, 6.07) is 0.665. The van der Waals surface area contributed by atoms with Crippen molar-refractivity contribution < 1.29 is 0 Å². The third kappa shape index (κ3) is 5.32. The molecule has 0 spiro atoms. The second kappa shape index (κ2) is 7.09. The Morgan fingerprint density at radius 2 is 1.83 bits per heavy atom. The van der Waals surface area contributed by atoms with Gasteiger partial charge in [0.1, 0.15) is 0 Å². The molecular formula is C9H21IN2. The molecule has 12 heavy (non-hydrogen) atoms. The van der Waals surface area contributed by atoms with Crippen LogP contribution in [0.15, 0.2) is 0 Å². The highest BCUT2D eigenvalue weighted by Gasteiger charge is 2.05. The Hall–Kier alpha value is 0.650. The molecule has 0 aromatic rings. The van der Waals surface area contributed by atoms with Gasteiger partial charge in [0.15, 0.2) is 0 Å². The normalized spacial score (nSPS) is 12.0. The van der Waals surface area contributed by atoms with E-state index in [4.69, 9.17) is 0 Å². The Kier molecular flexibility index (Phi) is 7.48. The molecule has 0 unspecified atom stereocenters. The summed E-state index contributed by atoms with van der Waals surface area (Å²) in [5, 5.41) is 0. The lowest BCUT2D eigenvalue weighted by molar-refractivity contribution is 0.227. The van der Waals surface area contributed by atoms with Gasteiger partial charge < -0.3 is 4.90 Å². The van der Waals surface area contributed by atoms with Crippen molar-refractivity contribution in [3.63, 3.8) is 0 Å². The zero-order chi connectivity index (χ0) is 9.56. The minimum Gasteiger partial charge on any atom is -0.303 e. The van der Waals surface area contributed by atoms with Gasteiger partial charge in [-0.15, -0.1) is 0 Å². The fourth-order valence-corrected chi connectivity index (χ4v) is 1.68. The lowest BCUT2D eigenvalue weighted by atomic mass is 10.3. The quantitative estimate of drug-likeness (QED) is 0.418. The minimum absolute atomic E-state index is 0.665. The van der Waals surface area contributed by atoms with Gasteiger partial charge in [-0.05, 0) is 27.4 Å². The zero-order valence-corrected chi connectivity index (χ0v) is 10.8. The van der Waals surface area contributed by atoms with E-state index in [-0.39, 0.29) is 0 Å². The molecule has 0 bridgehead atoms. The Labute approximate surface area is 90.4 Å². The zero-order valence-electron chi connectivity index (χ0n) is 8.68. The molecule has 0 saturated heterocycles. The number of hydrogen-bond acceptors (Lipinski definition) is 2. The lowest BCUT2D eigenvalue weighted by Crippen LogP contribution is -2.35. The Bertz CT molecular complexity index is 101. The van der Waals surface area contributed by atoms with Gasteiger partial charge in [-0.1, -0.05) is 29.5 Å². The average molecular weight is 284 g/mol. The molecule has 0 aliphatic rings. The number of rotatable bonds is 6. The van der Waals surface area contributed by atoms with Crippen molar-refractivity contribution in [1.82, 2.24) is 9.80 Å². The van der Waals surface area contributed by atoms with Gasteiger partial charge in [-0.25, -0.2) is 0 Å². The number of nitrogens with zero attached hydrogens (tertiary/aromatic N) is 2. The van der Waals surface area contributed by atoms with Crippen molar-refractivity contribution in [3.8, 4) is 0 Å². The van der Waals surface area contributed by atoms with Crippen LogP contribution in [0, 0.1) is 0 Å². The predicted molar refractivity (Wildman–Crippen MR) is 63.9 cm³/mol. The van der Waals surface area contributed by atoms with Crippen molar-refractivity contribution >= 4 is 22.6 Å². The van der Waals surface area contributed by atoms with Gasteiger partial charge in [0.25, 0.3) is 0 Å². The van der Waals surface area contributed by atoms with Gasteiger partial charge in [0.05, 0.1) is 4.55 Å². The summed E-state index contributed by atoms with van der Waals surface area (Å²) < 4.78 is 1.14. The van der Waals surface area contributed by atoms with E-state index >= 15 is 0 Å². The monoisotopic (exact) mass is 284 g/mol. The smallest absolute Gasteiger partial charge is 0.0506 e. The fraction of sp³-hybridized carbons (Fsp3) is 1.00. The molecule has 0 rings (SSSR count). The lowest BCUT2D eigenvalue weighted by Gasteiger charge is -2.25. The van der Waals surface area contributed by atoms with Crippen molar-refractivity contribution in [1.29, 1.82) is 0 Å². The maximum atomic E-state index is 2.44. The second-order valence-corrected chi connectivity index (χ2v) is 4.09. The second-order valence-electron chi connectivity index (χ2n) is 3.40. The summed E-state index contributed by atoms with van der Waals surface area (Å²) in [7, 11) is 2.19. The van der Waals surface area contributed by atoms with Crippen LogP contribution in [0.1, 0.15) is 20.8 Å². The summed E-state index contributed by atoms with van der Waals surface area (Å²) in [5.41, 5.74) is 0. The van der Waals surface area contributed by atoms with E-state index in [1.54, 1.807) is 0 Å². The topological polar surface area (TPSA) is 6.48 Å². The summed E-state index contributed by atoms with van der Waals surface area (Å²) >= 11 is 2.42. The first-order chi connectivity index (χ1) is 5.61. The molecule has 0 fully saturated rings. The van der Waals surface area contributed by atoms with E-state index in [1.807, 2.05) is 0 Å². The molecule has 0 aliphatic carbocycles. The van der Waals surface area contributed by atoms with Crippen molar-refractivity contribution in [3.05, 3.63) is 0 Å². The van der Waals surface area contributed by atoms with Crippen molar-refractivity contribution in [2.24, 2.45) is 0 Å². The molecular weight excluding hydrogens is 263 g/mol. The Balaban J connectivity index is 3.51. The SMILES string of the molecule is CCN(CI)CCN(C)C(C)C. The molecule has 2 nitrogen and oxygen atoms in total. The third-order valence-electron chi connectivity index (χ3n) is 2.27. The number of likely N-dealkylation sites (N-methyl/N-ethyl adjacent to an activating group) is 2. The number of alkyl halides is 1. The van der Waals surface area contributed by atoms with Crippen LogP contribution in [0.5, 0.6) is 0 Å². The van der Waals surface area contributed by atoms with Crippen LogP contribution in [-0.2, 0) is 0 Å². The molecule has 74 valence electrons. The number of halogens is 1. The van der Waals surface area contributed by atoms with Crippen LogP contribution in [0.2, 0.25) is 0 Å². The molecule has 0 aromatic heterocycles. The molecule has 0 aliphatic heterocycles. The van der Waals surface area contributed by atoms with Gasteiger partial charge in [0.2, 0.25) is 0 Å². The maximum Gasteiger partial charge on any atom is 0.0506 e. The van der Waals surface area contributed by atoms with Gasteiger partial charge in [-0.3, -0.25) is 4.90 Å². The van der Waals surface area contributed by atoms with E-state index in [2.05, 4.69) is 60.2 Å². The first-order valence-electron chi connectivity index (χ1n) is 4.60. The first kappa shape index (κ1) is 12.7. The minimum atomic E-state index is 0.665. The Morgan fingerprint density at radius 1 is 1.25 bits per heavy atom. The van der Waals surface area contributed by atoms with Crippen LogP contribution in [-0.4, -0.2) is 47.1 Å². The summed E-state index contributed by atoms with van der Waals surface area (Å²) in [4.78, 5) is 4.83. The molecule has 0 radical (unpaired) electrons. The maximum absolute atomic E-state index is 2.44. The standard InChI is InChI=1S/C9H21IN2/c1-5-12(8-10)7-6-11(4)9(2)3/h9H,5-8H2,1-4H3. The third-order valence-corrected chi connectivity index (χ3v) is 3.23. The van der Waals surface area contributed by atoms with Crippen LogP contribution < -0.4 is 0 Å².